The Kier molecular flexibility index (Phi) is 4.25. The highest BCUT2D eigenvalue weighted by Crippen LogP contribution is 2.20. The number of ether oxygens (including phenoxy) is 1. The summed E-state index contributed by atoms with van der Waals surface area (Å²) in [6.07, 6.45) is 0. The number of hydrogen-bond acceptors (Lipinski definition) is 3. The third kappa shape index (κ3) is 5.15. The number of rotatable bonds is 4. The summed E-state index contributed by atoms with van der Waals surface area (Å²) in [6, 6.07) is 0. The normalized spacial score (nSPS) is 12.8. The third-order valence-electron chi connectivity index (χ3n) is 1.13. The van der Waals surface area contributed by atoms with Crippen molar-refractivity contribution in [3.8, 4) is 0 Å². The van der Waals surface area contributed by atoms with E-state index in [1.807, 2.05) is 0 Å². The van der Waals surface area contributed by atoms with Crippen LogP contribution in [-0.2, 0) is 9.53 Å². The largest absolute Gasteiger partial charge is 0.458 e. The van der Waals surface area contributed by atoms with E-state index in [0.29, 0.717) is 0 Å². The SMILES string of the molecule is CC(C)(Br)C(=O)OCC(F)(F)CO. The van der Waals surface area contributed by atoms with Gasteiger partial charge in [0.2, 0.25) is 0 Å². The molecule has 78 valence electrons. The van der Waals surface area contributed by atoms with Crippen LogP contribution in [0.25, 0.3) is 0 Å². The van der Waals surface area contributed by atoms with Crippen molar-refractivity contribution in [3.63, 3.8) is 0 Å². The van der Waals surface area contributed by atoms with Gasteiger partial charge in [0, 0.05) is 0 Å². The summed E-state index contributed by atoms with van der Waals surface area (Å²) in [5.41, 5.74) is 0. The minimum atomic E-state index is -3.37. The molecule has 0 unspecified atom stereocenters. The summed E-state index contributed by atoms with van der Waals surface area (Å²) >= 11 is 2.95. The van der Waals surface area contributed by atoms with Gasteiger partial charge >= 0.3 is 11.9 Å². The van der Waals surface area contributed by atoms with Gasteiger partial charge in [-0.1, -0.05) is 15.9 Å². The van der Waals surface area contributed by atoms with Crippen LogP contribution < -0.4 is 0 Å². The Morgan fingerprint density at radius 1 is 1.54 bits per heavy atom. The maximum atomic E-state index is 12.4. The second kappa shape index (κ2) is 4.32. The van der Waals surface area contributed by atoms with E-state index in [-0.39, 0.29) is 0 Å². The van der Waals surface area contributed by atoms with Gasteiger partial charge in [0.1, 0.15) is 10.9 Å². The molecule has 6 heteroatoms. The zero-order valence-electron chi connectivity index (χ0n) is 7.31. The van der Waals surface area contributed by atoms with Gasteiger partial charge in [-0.05, 0) is 13.8 Å². The minimum Gasteiger partial charge on any atom is -0.458 e. The van der Waals surface area contributed by atoms with Crippen molar-refractivity contribution in [2.24, 2.45) is 0 Å². The molecular weight excluding hydrogens is 250 g/mol. The van der Waals surface area contributed by atoms with E-state index in [2.05, 4.69) is 20.7 Å². The Labute approximate surface area is 83.2 Å². The van der Waals surface area contributed by atoms with Crippen molar-refractivity contribution in [3.05, 3.63) is 0 Å². The molecular formula is C7H11BrF2O3. The Hall–Kier alpha value is -0.230. The molecule has 0 amide bonds. The first kappa shape index (κ1) is 12.8. The second-order valence-electron chi connectivity index (χ2n) is 3.06. The zero-order chi connectivity index (χ0) is 10.7. The monoisotopic (exact) mass is 260 g/mol. The van der Waals surface area contributed by atoms with E-state index in [1.54, 1.807) is 0 Å². The molecule has 0 radical (unpaired) electrons. The molecule has 0 spiro atoms. The van der Waals surface area contributed by atoms with Crippen LogP contribution in [-0.4, -0.2) is 34.5 Å². The fourth-order valence-corrected chi connectivity index (χ4v) is 0.503. The number of carbonyl (C=O) groups excluding carboxylic acids is 1. The number of aliphatic hydroxyl groups excluding tert-OH is 1. The lowest BCUT2D eigenvalue weighted by molar-refractivity contribution is -0.161. The molecule has 0 atom stereocenters. The third-order valence-corrected chi connectivity index (χ3v) is 1.45. The van der Waals surface area contributed by atoms with Crippen molar-refractivity contribution in [1.29, 1.82) is 0 Å². The number of hydrogen-bond donors (Lipinski definition) is 1. The van der Waals surface area contributed by atoms with E-state index in [4.69, 9.17) is 5.11 Å². The number of aliphatic hydroxyl groups is 1. The summed E-state index contributed by atoms with van der Waals surface area (Å²) in [7, 11) is 0. The maximum Gasteiger partial charge on any atom is 0.322 e. The smallest absolute Gasteiger partial charge is 0.322 e. The molecule has 0 saturated carbocycles. The van der Waals surface area contributed by atoms with E-state index in [1.165, 1.54) is 13.8 Å². The Balaban J connectivity index is 3.98. The molecule has 13 heavy (non-hydrogen) atoms. The van der Waals surface area contributed by atoms with E-state index in [0.717, 1.165) is 0 Å². The highest BCUT2D eigenvalue weighted by atomic mass is 79.9. The van der Waals surface area contributed by atoms with Crippen LogP contribution in [0.5, 0.6) is 0 Å². The average Bonchev–Trinajstić information content (AvgIpc) is 1.98. The molecule has 0 bridgehead atoms. The summed E-state index contributed by atoms with van der Waals surface area (Å²) in [4.78, 5) is 10.9. The summed E-state index contributed by atoms with van der Waals surface area (Å²) in [6.45, 7) is 0.527. The van der Waals surface area contributed by atoms with Gasteiger partial charge < -0.3 is 9.84 Å². The van der Waals surface area contributed by atoms with Gasteiger partial charge in [0.25, 0.3) is 0 Å². The predicted octanol–water partition coefficient (Wildman–Crippen LogP) is 1.33. The summed E-state index contributed by atoms with van der Waals surface area (Å²) in [5, 5.41) is 8.16. The molecule has 0 aliphatic rings. The lowest BCUT2D eigenvalue weighted by atomic mass is 10.2. The van der Waals surface area contributed by atoms with Crippen molar-refractivity contribution in [2.45, 2.75) is 24.1 Å². The molecule has 3 nitrogen and oxygen atoms in total. The Morgan fingerprint density at radius 3 is 2.31 bits per heavy atom. The van der Waals surface area contributed by atoms with Gasteiger partial charge in [-0.3, -0.25) is 4.79 Å². The quantitative estimate of drug-likeness (QED) is 0.613. The van der Waals surface area contributed by atoms with Gasteiger partial charge in [-0.25, -0.2) is 8.78 Å². The molecule has 0 aliphatic carbocycles. The summed E-state index contributed by atoms with van der Waals surface area (Å²) in [5.74, 6) is -4.16. The van der Waals surface area contributed by atoms with Crippen molar-refractivity contribution < 1.29 is 23.4 Å². The van der Waals surface area contributed by atoms with Gasteiger partial charge in [-0.2, -0.15) is 0 Å². The molecule has 0 fully saturated rings. The first-order valence-corrected chi connectivity index (χ1v) is 4.33. The lowest BCUT2D eigenvalue weighted by Gasteiger charge is -2.18. The second-order valence-corrected chi connectivity index (χ2v) is 5.05. The average molecular weight is 261 g/mol. The van der Waals surface area contributed by atoms with Crippen molar-refractivity contribution in [2.75, 3.05) is 13.2 Å². The Morgan fingerprint density at radius 2 is 2.00 bits per heavy atom. The highest BCUT2D eigenvalue weighted by Gasteiger charge is 2.33. The lowest BCUT2D eigenvalue weighted by Crippen LogP contribution is -2.34. The minimum absolute atomic E-state index is 0.791. The van der Waals surface area contributed by atoms with Crippen LogP contribution in [0.4, 0.5) is 8.78 Å². The van der Waals surface area contributed by atoms with E-state index >= 15 is 0 Å². The van der Waals surface area contributed by atoms with E-state index in [9.17, 15) is 13.6 Å². The topological polar surface area (TPSA) is 46.5 Å². The first-order valence-electron chi connectivity index (χ1n) is 3.54. The Bertz CT molecular complexity index is 189. The van der Waals surface area contributed by atoms with Gasteiger partial charge in [0.05, 0.1) is 0 Å². The predicted molar refractivity (Wildman–Crippen MR) is 46.0 cm³/mol. The van der Waals surface area contributed by atoms with Crippen LogP contribution in [0.15, 0.2) is 0 Å². The maximum absolute atomic E-state index is 12.4. The molecule has 0 aliphatic heterocycles. The van der Waals surface area contributed by atoms with Crippen molar-refractivity contribution >= 4 is 21.9 Å². The van der Waals surface area contributed by atoms with Crippen molar-refractivity contribution in [1.82, 2.24) is 0 Å². The standard InChI is InChI=1S/C7H11BrF2O3/c1-6(2,8)5(12)13-4-7(9,10)3-11/h11H,3-4H2,1-2H3. The highest BCUT2D eigenvalue weighted by molar-refractivity contribution is 9.10. The molecule has 0 aromatic rings. The molecule has 0 rings (SSSR count). The molecule has 0 heterocycles. The fraction of sp³-hybridized carbons (Fsp3) is 0.857. The van der Waals surface area contributed by atoms with Gasteiger partial charge in [0.15, 0.2) is 6.61 Å². The number of halogens is 3. The first-order chi connectivity index (χ1) is 5.69. The van der Waals surface area contributed by atoms with Crippen LogP contribution in [0.1, 0.15) is 13.8 Å². The fourth-order valence-electron chi connectivity index (χ4n) is 0.388. The van der Waals surface area contributed by atoms with Crippen LogP contribution in [0.2, 0.25) is 0 Å². The van der Waals surface area contributed by atoms with E-state index < -0.39 is 29.4 Å². The number of carbonyl (C=O) groups is 1. The van der Waals surface area contributed by atoms with Crippen LogP contribution >= 0.6 is 15.9 Å². The van der Waals surface area contributed by atoms with Gasteiger partial charge in [-0.15, -0.1) is 0 Å². The number of alkyl halides is 3. The zero-order valence-corrected chi connectivity index (χ0v) is 8.90. The molecule has 0 aromatic carbocycles. The molecule has 0 saturated heterocycles. The molecule has 0 aromatic heterocycles. The van der Waals surface area contributed by atoms with Crippen LogP contribution in [0, 0.1) is 0 Å². The number of esters is 1. The van der Waals surface area contributed by atoms with Crippen LogP contribution in [0.3, 0.4) is 0 Å². The summed E-state index contributed by atoms with van der Waals surface area (Å²) < 4.78 is 28.0. The molecule has 1 N–H and O–H groups in total.